The molecule has 0 bridgehead atoms. The number of carbonyl (C=O) groups excluding carboxylic acids is 1. The molecule has 1 amide bonds. The van der Waals surface area contributed by atoms with Crippen LogP contribution in [0.3, 0.4) is 0 Å². The van der Waals surface area contributed by atoms with Gasteiger partial charge in [-0.25, -0.2) is 4.39 Å². The van der Waals surface area contributed by atoms with E-state index in [1.807, 2.05) is 6.92 Å². The Morgan fingerprint density at radius 1 is 1.62 bits per heavy atom. The molecule has 1 rings (SSSR count). The Morgan fingerprint density at radius 3 is 2.92 bits per heavy atom. The summed E-state index contributed by atoms with van der Waals surface area (Å²) in [7, 11) is 0. The fraction of sp³-hybridized carbons (Fsp3) is 0.222. The van der Waals surface area contributed by atoms with Crippen LogP contribution >= 0.6 is 15.9 Å². The number of hydrogen-bond acceptors (Lipinski definition) is 1. The first kappa shape index (κ1) is 10.2. The first-order chi connectivity index (χ1) is 6.16. The van der Waals surface area contributed by atoms with Gasteiger partial charge in [-0.1, -0.05) is 6.07 Å². The SMILES string of the molecule is CCNC(=O)c1cccc(F)c1Br. The molecular formula is C9H9BrFNO. The highest BCUT2D eigenvalue weighted by Gasteiger charge is 2.11. The van der Waals surface area contributed by atoms with Crippen LogP contribution in [0.25, 0.3) is 0 Å². The van der Waals surface area contributed by atoms with Crippen molar-refractivity contribution in [2.45, 2.75) is 6.92 Å². The number of hydrogen-bond donors (Lipinski definition) is 1. The van der Waals surface area contributed by atoms with Gasteiger partial charge < -0.3 is 5.32 Å². The van der Waals surface area contributed by atoms with E-state index in [0.29, 0.717) is 12.1 Å². The Hall–Kier alpha value is -0.900. The van der Waals surface area contributed by atoms with Gasteiger partial charge in [-0.2, -0.15) is 0 Å². The van der Waals surface area contributed by atoms with Crippen molar-refractivity contribution >= 4 is 21.8 Å². The van der Waals surface area contributed by atoms with Gasteiger partial charge in [-0.3, -0.25) is 4.79 Å². The molecule has 0 saturated heterocycles. The molecule has 0 aliphatic heterocycles. The van der Waals surface area contributed by atoms with Gasteiger partial charge in [0.2, 0.25) is 0 Å². The number of amides is 1. The third-order valence-electron chi connectivity index (χ3n) is 1.53. The zero-order valence-corrected chi connectivity index (χ0v) is 8.69. The Balaban J connectivity index is 3.01. The Bertz CT molecular complexity index is 327. The van der Waals surface area contributed by atoms with Crippen molar-refractivity contribution in [2.24, 2.45) is 0 Å². The highest BCUT2D eigenvalue weighted by molar-refractivity contribution is 9.10. The van der Waals surface area contributed by atoms with Crippen LogP contribution in [0.5, 0.6) is 0 Å². The maximum atomic E-state index is 13.0. The van der Waals surface area contributed by atoms with Crippen LogP contribution in [0, 0.1) is 5.82 Å². The molecule has 2 nitrogen and oxygen atoms in total. The molecule has 1 aromatic rings. The quantitative estimate of drug-likeness (QED) is 0.852. The van der Waals surface area contributed by atoms with Crippen LogP contribution in [0.2, 0.25) is 0 Å². The molecule has 4 heteroatoms. The first-order valence-corrected chi connectivity index (χ1v) is 4.68. The molecule has 0 unspecified atom stereocenters. The maximum Gasteiger partial charge on any atom is 0.252 e. The summed E-state index contributed by atoms with van der Waals surface area (Å²) < 4.78 is 13.2. The monoisotopic (exact) mass is 245 g/mol. The molecule has 0 spiro atoms. The minimum absolute atomic E-state index is 0.209. The molecule has 0 radical (unpaired) electrons. The van der Waals surface area contributed by atoms with Crippen molar-refractivity contribution < 1.29 is 9.18 Å². The van der Waals surface area contributed by atoms with E-state index < -0.39 is 5.82 Å². The number of benzene rings is 1. The van der Waals surface area contributed by atoms with E-state index in [4.69, 9.17) is 0 Å². The van der Waals surface area contributed by atoms with E-state index in [2.05, 4.69) is 21.2 Å². The second kappa shape index (κ2) is 4.37. The van der Waals surface area contributed by atoms with E-state index in [-0.39, 0.29) is 10.4 Å². The lowest BCUT2D eigenvalue weighted by Gasteiger charge is -2.04. The highest BCUT2D eigenvalue weighted by atomic mass is 79.9. The molecule has 0 saturated carbocycles. The van der Waals surface area contributed by atoms with Crippen LogP contribution in [0.15, 0.2) is 22.7 Å². The summed E-state index contributed by atoms with van der Waals surface area (Å²) in [6.45, 7) is 2.34. The van der Waals surface area contributed by atoms with Crippen LogP contribution in [-0.2, 0) is 0 Å². The average molecular weight is 246 g/mol. The van der Waals surface area contributed by atoms with Gasteiger partial charge in [-0.05, 0) is 35.0 Å². The summed E-state index contributed by atoms with van der Waals surface area (Å²) in [5.41, 5.74) is 0.321. The topological polar surface area (TPSA) is 29.1 Å². The van der Waals surface area contributed by atoms with Crippen molar-refractivity contribution in [2.75, 3.05) is 6.54 Å². The van der Waals surface area contributed by atoms with E-state index in [1.165, 1.54) is 12.1 Å². The van der Waals surface area contributed by atoms with Gasteiger partial charge in [0, 0.05) is 6.54 Å². The second-order valence-electron chi connectivity index (χ2n) is 2.46. The summed E-state index contributed by atoms with van der Waals surface area (Å²) in [6, 6.07) is 4.37. The fourth-order valence-electron chi connectivity index (χ4n) is 0.935. The van der Waals surface area contributed by atoms with Crippen LogP contribution in [-0.4, -0.2) is 12.5 Å². The molecular weight excluding hydrogens is 237 g/mol. The van der Waals surface area contributed by atoms with Gasteiger partial charge in [0.1, 0.15) is 5.82 Å². The Kier molecular flexibility index (Phi) is 3.42. The van der Waals surface area contributed by atoms with E-state index in [1.54, 1.807) is 6.07 Å². The van der Waals surface area contributed by atoms with E-state index >= 15 is 0 Å². The highest BCUT2D eigenvalue weighted by Crippen LogP contribution is 2.19. The summed E-state index contributed by atoms with van der Waals surface area (Å²) in [6.07, 6.45) is 0. The number of halogens is 2. The minimum atomic E-state index is -0.427. The molecule has 0 aliphatic carbocycles. The lowest BCUT2D eigenvalue weighted by atomic mass is 10.2. The molecule has 13 heavy (non-hydrogen) atoms. The normalized spacial score (nSPS) is 9.77. The lowest BCUT2D eigenvalue weighted by Crippen LogP contribution is -2.23. The molecule has 1 N–H and O–H groups in total. The van der Waals surface area contributed by atoms with Crippen molar-refractivity contribution in [3.8, 4) is 0 Å². The van der Waals surface area contributed by atoms with Crippen molar-refractivity contribution in [3.05, 3.63) is 34.1 Å². The second-order valence-corrected chi connectivity index (χ2v) is 3.25. The predicted molar refractivity (Wildman–Crippen MR) is 52.1 cm³/mol. The fourth-order valence-corrected chi connectivity index (χ4v) is 1.38. The van der Waals surface area contributed by atoms with E-state index in [9.17, 15) is 9.18 Å². The zero-order chi connectivity index (χ0) is 9.84. The zero-order valence-electron chi connectivity index (χ0n) is 7.10. The average Bonchev–Trinajstić information content (AvgIpc) is 2.10. The van der Waals surface area contributed by atoms with Crippen LogP contribution < -0.4 is 5.32 Å². The number of nitrogens with one attached hydrogen (secondary N) is 1. The molecule has 0 aromatic heterocycles. The Morgan fingerprint density at radius 2 is 2.31 bits per heavy atom. The molecule has 0 heterocycles. The largest absolute Gasteiger partial charge is 0.352 e. The summed E-state index contributed by atoms with van der Waals surface area (Å²) >= 11 is 3.01. The Labute approximate surface area is 84.3 Å². The molecule has 0 atom stereocenters. The van der Waals surface area contributed by atoms with Gasteiger partial charge >= 0.3 is 0 Å². The molecule has 0 fully saturated rings. The van der Waals surface area contributed by atoms with Gasteiger partial charge in [0.25, 0.3) is 5.91 Å². The van der Waals surface area contributed by atoms with Crippen molar-refractivity contribution in [3.63, 3.8) is 0 Å². The van der Waals surface area contributed by atoms with Gasteiger partial charge in [0.15, 0.2) is 0 Å². The minimum Gasteiger partial charge on any atom is -0.352 e. The molecule has 1 aromatic carbocycles. The summed E-state index contributed by atoms with van der Waals surface area (Å²) in [4.78, 5) is 11.3. The molecule has 0 aliphatic rings. The predicted octanol–water partition coefficient (Wildman–Crippen LogP) is 2.34. The van der Waals surface area contributed by atoms with Crippen LogP contribution in [0.1, 0.15) is 17.3 Å². The third kappa shape index (κ3) is 2.28. The smallest absolute Gasteiger partial charge is 0.252 e. The lowest BCUT2D eigenvalue weighted by molar-refractivity contribution is 0.0954. The van der Waals surface area contributed by atoms with E-state index in [0.717, 1.165) is 0 Å². The summed E-state index contributed by atoms with van der Waals surface area (Å²) in [5.74, 6) is -0.697. The number of carbonyl (C=O) groups is 1. The first-order valence-electron chi connectivity index (χ1n) is 3.89. The van der Waals surface area contributed by atoms with Crippen molar-refractivity contribution in [1.82, 2.24) is 5.32 Å². The van der Waals surface area contributed by atoms with Crippen LogP contribution in [0.4, 0.5) is 4.39 Å². The summed E-state index contributed by atoms with van der Waals surface area (Å²) in [5, 5.41) is 2.59. The molecule has 70 valence electrons. The van der Waals surface area contributed by atoms with Gasteiger partial charge in [-0.15, -0.1) is 0 Å². The van der Waals surface area contributed by atoms with Gasteiger partial charge in [0.05, 0.1) is 10.0 Å². The van der Waals surface area contributed by atoms with Crippen molar-refractivity contribution in [1.29, 1.82) is 0 Å². The standard InChI is InChI=1S/C9H9BrFNO/c1-2-12-9(13)6-4-3-5-7(11)8(6)10/h3-5H,2H2,1H3,(H,12,13). The maximum absolute atomic E-state index is 13.0. The third-order valence-corrected chi connectivity index (χ3v) is 2.34. The number of rotatable bonds is 2.